The monoisotopic (exact) mass is 327 g/mol. The van der Waals surface area contributed by atoms with E-state index in [0.717, 1.165) is 5.69 Å². The number of rotatable bonds is 4. The highest BCUT2D eigenvalue weighted by atomic mass is 35.5. The third-order valence-electron chi connectivity index (χ3n) is 3.40. The van der Waals surface area contributed by atoms with Gasteiger partial charge in [0, 0.05) is 12.7 Å². The number of nitrogens with zero attached hydrogens (tertiary/aromatic N) is 1. The van der Waals surface area contributed by atoms with Gasteiger partial charge in [-0.2, -0.15) is 0 Å². The van der Waals surface area contributed by atoms with Crippen LogP contribution in [0.25, 0.3) is 0 Å². The zero-order valence-corrected chi connectivity index (χ0v) is 15.9. The van der Waals surface area contributed by atoms with E-state index in [-0.39, 0.29) is 18.5 Å². The first-order valence-electron chi connectivity index (χ1n) is 7.35. The molecule has 0 fully saturated rings. The fraction of sp³-hybridized carbons (Fsp3) is 0.562. The molecule has 0 saturated carbocycles. The largest absolute Gasteiger partial charge is 0.443 e. The van der Waals surface area contributed by atoms with E-state index in [1.54, 1.807) is 11.9 Å². The second kappa shape index (κ2) is 8.68. The van der Waals surface area contributed by atoms with Gasteiger partial charge in [-0.1, -0.05) is 36.5 Å². The highest BCUT2D eigenvalue weighted by Gasteiger charge is 2.21. The average Bonchev–Trinajstić information content (AvgIpc) is 2.38. The first-order chi connectivity index (χ1) is 9.28. The first kappa shape index (κ1) is 20.3. The quantitative estimate of drug-likeness (QED) is 0.775. The molecule has 0 atom stereocenters. The van der Waals surface area contributed by atoms with E-state index in [1.807, 2.05) is 32.9 Å². The maximum Gasteiger partial charge on any atom is 0.414 e. The molecule has 1 aromatic rings. The maximum atomic E-state index is 12.0. The SMILES string of the molecule is C[CH2][Al]([CH2]C)[c]1ccc(N(C)C(=O)OC(C)(C)C)cc1.Cl. The Balaban J connectivity index is 0.00000400. The topological polar surface area (TPSA) is 29.5 Å². The smallest absolute Gasteiger partial charge is 0.414 e. The minimum atomic E-state index is -0.796. The number of amides is 1. The van der Waals surface area contributed by atoms with Gasteiger partial charge in [-0.15, -0.1) is 16.8 Å². The molecular weight excluding hydrogens is 301 g/mol. The fourth-order valence-corrected chi connectivity index (χ4v) is 4.42. The third-order valence-corrected chi connectivity index (χ3v) is 6.70. The van der Waals surface area contributed by atoms with Crippen LogP contribution in [0.15, 0.2) is 24.3 Å². The number of benzene rings is 1. The Morgan fingerprint density at radius 1 is 1.14 bits per heavy atom. The number of hydrogen-bond acceptors (Lipinski definition) is 2. The van der Waals surface area contributed by atoms with Crippen molar-refractivity contribution in [2.45, 2.75) is 50.8 Å². The van der Waals surface area contributed by atoms with Gasteiger partial charge in [-0.25, -0.2) is 4.79 Å². The van der Waals surface area contributed by atoms with Gasteiger partial charge in [0.25, 0.3) is 0 Å². The van der Waals surface area contributed by atoms with Crippen LogP contribution in [0.4, 0.5) is 10.5 Å². The number of carbonyl (C=O) groups excluding carboxylic acids is 1. The molecule has 0 unspecified atom stereocenters. The van der Waals surface area contributed by atoms with Crippen LogP contribution in [-0.2, 0) is 4.74 Å². The molecule has 3 nitrogen and oxygen atoms in total. The number of halogens is 1. The van der Waals surface area contributed by atoms with Gasteiger partial charge in [0.15, 0.2) is 0 Å². The predicted octanol–water partition coefficient (Wildman–Crippen LogP) is 4.22. The molecule has 21 heavy (non-hydrogen) atoms. The van der Waals surface area contributed by atoms with Crippen molar-refractivity contribution in [2.75, 3.05) is 11.9 Å². The van der Waals surface area contributed by atoms with E-state index in [0.29, 0.717) is 0 Å². The number of carbonyl (C=O) groups is 1. The minimum absolute atomic E-state index is 0. The Hall–Kier alpha value is -0.688. The zero-order valence-electron chi connectivity index (χ0n) is 14.0. The summed E-state index contributed by atoms with van der Waals surface area (Å²) < 4.78 is 6.84. The summed E-state index contributed by atoms with van der Waals surface area (Å²) in [6.45, 7) is 10.2. The molecular formula is C16H27AlClNO2. The summed E-state index contributed by atoms with van der Waals surface area (Å²) in [4.78, 5) is 13.6. The summed E-state index contributed by atoms with van der Waals surface area (Å²) in [5.74, 6) is 0. The Kier molecular flexibility index (Phi) is 8.40. The van der Waals surface area contributed by atoms with Crippen molar-refractivity contribution in [2.24, 2.45) is 0 Å². The Bertz CT molecular complexity index is 439. The van der Waals surface area contributed by atoms with E-state index in [2.05, 4.69) is 26.0 Å². The molecule has 0 aliphatic heterocycles. The van der Waals surface area contributed by atoms with E-state index >= 15 is 0 Å². The van der Waals surface area contributed by atoms with Gasteiger partial charge < -0.3 is 4.74 Å². The van der Waals surface area contributed by atoms with Gasteiger partial charge in [-0.3, -0.25) is 4.90 Å². The Morgan fingerprint density at radius 3 is 2.00 bits per heavy atom. The molecule has 1 rings (SSSR count). The molecule has 0 heterocycles. The molecule has 0 radical (unpaired) electrons. The fourth-order valence-electron chi connectivity index (χ4n) is 2.17. The summed E-state index contributed by atoms with van der Waals surface area (Å²) in [5.41, 5.74) is 0.413. The van der Waals surface area contributed by atoms with Crippen LogP contribution in [0.1, 0.15) is 34.6 Å². The molecule has 0 saturated heterocycles. The summed E-state index contributed by atoms with van der Waals surface area (Å²) in [6, 6.07) is 8.37. The normalized spacial score (nSPS) is 10.6. The van der Waals surface area contributed by atoms with Crippen molar-refractivity contribution in [1.82, 2.24) is 0 Å². The van der Waals surface area contributed by atoms with Crippen molar-refractivity contribution >= 4 is 42.8 Å². The van der Waals surface area contributed by atoms with Crippen molar-refractivity contribution in [1.29, 1.82) is 0 Å². The van der Waals surface area contributed by atoms with Crippen LogP contribution in [-0.4, -0.2) is 32.9 Å². The van der Waals surface area contributed by atoms with E-state index < -0.39 is 19.7 Å². The van der Waals surface area contributed by atoms with Crippen LogP contribution in [0, 0.1) is 0 Å². The number of hydrogen-bond donors (Lipinski definition) is 0. The predicted molar refractivity (Wildman–Crippen MR) is 94.7 cm³/mol. The van der Waals surface area contributed by atoms with E-state index in [4.69, 9.17) is 4.74 Å². The molecule has 5 heteroatoms. The van der Waals surface area contributed by atoms with Gasteiger partial charge >= 0.3 is 20.2 Å². The van der Waals surface area contributed by atoms with Crippen molar-refractivity contribution < 1.29 is 9.53 Å². The lowest BCUT2D eigenvalue weighted by Crippen LogP contribution is -2.34. The summed E-state index contributed by atoms with van der Waals surface area (Å²) in [7, 11) is 1.75. The maximum absolute atomic E-state index is 12.0. The minimum Gasteiger partial charge on any atom is -0.443 e. The van der Waals surface area contributed by atoms with E-state index in [9.17, 15) is 4.79 Å². The molecule has 0 bridgehead atoms. The lowest BCUT2D eigenvalue weighted by atomic mass is 10.2. The molecule has 0 aliphatic carbocycles. The van der Waals surface area contributed by atoms with Crippen LogP contribution in [0.5, 0.6) is 0 Å². The third kappa shape index (κ3) is 6.30. The lowest BCUT2D eigenvalue weighted by Gasteiger charge is -2.25. The standard InChI is InChI=1S/C12H16NO2.2C2H5.Al.ClH/c1-12(2,3)15-11(14)13(4)10-8-6-5-7-9-10;2*1-2;;/h6-9H,1-4H3;2*1H2,2H3;;1H. The molecule has 0 aliphatic rings. The highest BCUT2D eigenvalue weighted by molar-refractivity contribution is 6.73. The Morgan fingerprint density at radius 2 is 1.62 bits per heavy atom. The Labute approximate surface area is 139 Å². The van der Waals surface area contributed by atoms with Crippen molar-refractivity contribution in [3.63, 3.8) is 0 Å². The van der Waals surface area contributed by atoms with Crippen molar-refractivity contribution in [3.8, 4) is 0 Å². The van der Waals surface area contributed by atoms with E-state index in [1.165, 1.54) is 15.0 Å². The van der Waals surface area contributed by atoms with Crippen LogP contribution >= 0.6 is 12.4 Å². The zero-order chi connectivity index (χ0) is 15.3. The van der Waals surface area contributed by atoms with Gasteiger partial charge in [0.1, 0.15) is 5.60 Å². The lowest BCUT2D eigenvalue weighted by molar-refractivity contribution is 0.0589. The second-order valence-electron chi connectivity index (χ2n) is 6.14. The molecule has 1 amide bonds. The van der Waals surface area contributed by atoms with Crippen LogP contribution < -0.4 is 9.33 Å². The van der Waals surface area contributed by atoms with Gasteiger partial charge in [0.05, 0.1) is 0 Å². The van der Waals surface area contributed by atoms with Gasteiger partial charge in [0.2, 0.25) is 0 Å². The molecule has 118 valence electrons. The molecule has 1 aromatic carbocycles. The second-order valence-corrected chi connectivity index (χ2v) is 9.84. The first-order valence-corrected chi connectivity index (χ1v) is 9.56. The number of ether oxygens (including phenoxy) is 1. The molecule has 0 spiro atoms. The molecule has 0 N–H and O–H groups in total. The summed E-state index contributed by atoms with van der Waals surface area (Å²) >= 11 is -0.796. The van der Waals surface area contributed by atoms with Crippen LogP contribution in [0.3, 0.4) is 0 Å². The average molecular weight is 328 g/mol. The van der Waals surface area contributed by atoms with Crippen LogP contribution in [0.2, 0.25) is 10.6 Å². The number of anilines is 1. The summed E-state index contributed by atoms with van der Waals surface area (Å²) in [5, 5.41) is 2.55. The van der Waals surface area contributed by atoms with Crippen molar-refractivity contribution in [3.05, 3.63) is 24.3 Å². The summed E-state index contributed by atoms with van der Waals surface area (Å²) in [6.07, 6.45) is -0.315. The highest BCUT2D eigenvalue weighted by Crippen LogP contribution is 2.16. The molecule has 0 aromatic heterocycles. The van der Waals surface area contributed by atoms with Gasteiger partial charge in [-0.05, 0) is 32.9 Å².